The van der Waals surface area contributed by atoms with Gasteiger partial charge < -0.3 is 15.0 Å². The average molecular weight is 301 g/mol. The molecule has 2 atom stereocenters. The summed E-state index contributed by atoms with van der Waals surface area (Å²) in [7, 11) is 0. The van der Waals surface area contributed by atoms with Gasteiger partial charge in [0, 0.05) is 31.8 Å². The molecule has 3 heterocycles. The molecule has 1 aromatic rings. The molecule has 1 N–H and O–H groups in total. The SMILES string of the molecule is N#Cc1nccnc1O[C@H]1CCN(C(=O)[C@@H]2CCC(=O)N2)C1. The standard InChI is InChI=1S/C14H15N5O3/c15-7-11-13(17-5-4-16-11)22-9-3-6-19(8-9)14(21)10-1-2-12(20)18-10/h4-5,9-10H,1-3,6,8H2,(H,18,20)/t9-,10-/m0/s1. The van der Waals surface area contributed by atoms with E-state index in [9.17, 15) is 9.59 Å². The van der Waals surface area contributed by atoms with Gasteiger partial charge in [-0.25, -0.2) is 9.97 Å². The van der Waals surface area contributed by atoms with E-state index in [1.807, 2.05) is 6.07 Å². The van der Waals surface area contributed by atoms with Gasteiger partial charge in [-0.15, -0.1) is 0 Å². The molecule has 0 saturated carbocycles. The number of nitriles is 1. The Morgan fingerprint density at radius 1 is 1.41 bits per heavy atom. The van der Waals surface area contributed by atoms with E-state index in [4.69, 9.17) is 10.00 Å². The number of ether oxygens (including phenoxy) is 1. The number of nitrogens with zero attached hydrogens (tertiary/aromatic N) is 4. The fourth-order valence-electron chi connectivity index (χ4n) is 2.69. The van der Waals surface area contributed by atoms with Gasteiger partial charge in [-0.2, -0.15) is 5.26 Å². The molecule has 0 radical (unpaired) electrons. The highest BCUT2D eigenvalue weighted by Gasteiger charge is 2.35. The van der Waals surface area contributed by atoms with Crippen LogP contribution in [0.1, 0.15) is 25.0 Å². The Hall–Kier alpha value is -2.69. The first-order valence-electron chi connectivity index (χ1n) is 7.13. The Balaban J connectivity index is 1.59. The molecule has 0 spiro atoms. The molecule has 2 saturated heterocycles. The third kappa shape index (κ3) is 2.83. The van der Waals surface area contributed by atoms with Crippen molar-refractivity contribution in [2.75, 3.05) is 13.1 Å². The average Bonchev–Trinajstić information content (AvgIpc) is 3.16. The van der Waals surface area contributed by atoms with Gasteiger partial charge >= 0.3 is 0 Å². The van der Waals surface area contributed by atoms with Crippen molar-refractivity contribution in [2.24, 2.45) is 0 Å². The van der Waals surface area contributed by atoms with E-state index in [1.54, 1.807) is 4.90 Å². The Kier molecular flexibility index (Phi) is 3.87. The van der Waals surface area contributed by atoms with E-state index >= 15 is 0 Å². The van der Waals surface area contributed by atoms with Gasteiger partial charge in [-0.1, -0.05) is 0 Å². The van der Waals surface area contributed by atoms with Crippen molar-refractivity contribution in [3.05, 3.63) is 18.1 Å². The van der Waals surface area contributed by atoms with Crippen LogP contribution in [0.15, 0.2) is 12.4 Å². The zero-order chi connectivity index (χ0) is 15.5. The van der Waals surface area contributed by atoms with Gasteiger partial charge in [0.05, 0.1) is 6.54 Å². The summed E-state index contributed by atoms with van der Waals surface area (Å²) in [4.78, 5) is 33.1. The third-order valence-corrected chi connectivity index (χ3v) is 3.80. The minimum Gasteiger partial charge on any atom is -0.470 e. The van der Waals surface area contributed by atoms with Gasteiger partial charge in [0.2, 0.25) is 17.5 Å². The maximum absolute atomic E-state index is 12.3. The molecular formula is C14H15N5O3. The third-order valence-electron chi connectivity index (χ3n) is 3.80. The summed E-state index contributed by atoms with van der Waals surface area (Å²) in [6.45, 7) is 0.991. The zero-order valence-corrected chi connectivity index (χ0v) is 11.9. The molecule has 8 heteroatoms. The fraction of sp³-hybridized carbons (Fsp3) is 0.500. The highest BCUT2D eigenvalue weighted by atomic mass is 16.5. The lowest BCUT2D eigenvalue weighted by Gasteiger charge is -2.20. The van der Waals surface area contributed by atoms with Crippen molar-refractivity contribution in [3.63, 3.8) is 0 Å². The van der Waals surface area contributed by atoms with Crippen molar-refractivity contribution >= 4 is 11.8 Å². The second-order valence-corrected chi connectivity index (χ2v) is 5.29. The minimum atomic E-state index is -0.419. The lowest BCUT2D eigenvalue weighted by molar-refractivity contribution is -0.133. The van der Waals surface area contributed by atoms with Crippen molar-refractivity contribution in [2.45, 2.75) is 31.4 Å². The molecule has 0 aliphatic carbocycles. The predicted octanol–water partition coefficient (Wildman–Crippen LogP) is -0.393. The molecule has 3 rings (SSSR count). The summed E-state index contributed by atoms with van der Waals surface area (Å²) in [5.41, 5.74) is 0.135. The molecule has 2 aliphatic rings. The van der Waals surface area contributed by atoms with Crippen molar-refractivity contribution < 1.29 is 14.3 Å². The van der Waals surface area contributed by atoms with Gasteiger partial charge in [0.25, 0.3) is 5.88 Å². The molecule has 8 nitrogen and oxygen atoms in total. The highest BCUT2D eigenvalue weighted by Crippen LogP contribution is 2.20. The molecule has 0 unspecified atom stereocenters. The Morgan fingerprint density at radius 3 is 2.95 bits per heavy atom. The van der Waals surface area contributed by atoms with E-state index in [0.717, 1.165) is 0 Å². The topological polar surface area (TPSA) is 108 Å². The van der Waals surface area contributed by atoms with Crippen LogP contribution in [-0.4, -0.2) is 51.9 Å². The molecule has 2 fully saturated rings. The quantitative estimate of drug-likeness (QED) is 0.814. The summed E-state index contributed by atoms with van der Waals surface area (Å²) >= 11 is 0. The maximum Gasteiger partial charge on any atom is 0.251 e. The van der Waals surface area contributed by atoms with Crippen LogP contribution < -0.4 is 10.1 Å². The molecule has 2 amide bonds. The lowest BCUT2D eigenvalue weighted by Crippen LogP contribution is -2.44. The Labute approximate surface area is 127 Å². The normalized spacial score (nSPS) is 24.0. The fourth-order valence-corrected chi connectivity index (χ4v) is 2.69. The second kappa shape index (κ2) is 5.97. The molecular weight excluding hydrogens is 286 g/mol. The van der Waals surface area contributed by atoms with Crippen LogP contribution in [0.25, 0.3) is 0 Å². The number of amides is 2. The van der Waals surface area contributed by atoms with Crippen molar-refractivity contribution in [1.82, 2.24) is 20.2 Å². The number of aromatic nitrogens is 2. The molecule has 2 aliphatic heterocycles. The molecule has 0 bridgehead atoms. The lowest BCUT2D eigenvalue weighted by atomic mass is 10.2. The first kappa shape index (κ1) is 14.3. The Bertz CT molecular complexity index is 642. The number of hydrogen-bond donors (Lipinski definition) is 1. The summed E-state index contributed by atoms with van der Waals surface area (Å²) in [5, 5.41) is 11.6. The van der Waals surface area contributed by atoms with Crippen LogP contribution in [-0.2, 0) is 9.59 Å². The van der Waals surface area contributed by atoms with E-state index < -0.39 is 6.04 Å². The van der Waals surface area contributed by atoms with Crippen molar-refractivity contribution in [1.29, 1.82) is 5.26 Å². The zero-order valence-electron chi connectivity index (χ0n) is 11.9. The van der Waals surface area contributed by atoms with Gasteiger partial charge in [-0.05, 0) is 6.42 Å². The molecule has 114 valence electrons. The van der Waals surface area contributed by atoms with Gasteiger partial charge in [0.1, 0.15) is 18.2 Å². The summed E-state index contributed by atoms with van der Waals surface area (Å²) < 4.78 is 5.68. The van der Waals surface area contributed by atoms with Crippen LogP contribution in [0.2, 0.25) is 0 Å². The van der Waals surface area contributed by atoms with Crippen molar-refractivity contribution in [3.8, 4) is 11.9 Å². The predicted molar refractivity (Wildman–Crippen MR) is 73.5 cm³/mol. The van der Waals surface area contributed by atoms with Gasteiger partial charge in [0.15, 0.2) is 0 Å². The number of likely N-dealkylation sites (tertiary alicyclic amines) is 1. The van der Waals surface area contributed by atoms with E-state index in [2.05, 4.69) is 15.3 Å². The molecule has 0 aromatic carbocycles. The first-order valence-corrected chi connectivity index (χ1v) is 7.13. The number of nitrogens with one attached hydrogen (secondary N) is 1. The van der Waals surface area contributed by atoms with Crippen LogP contribution in [0.4, 0.5) is 0 Å². The number of hydrogen-bond acceptors (Lipinski definition) is 6. The number of rotatable bonds is 3. The van der Waals surface area contributed by atoms with E-state index in [-0.39, 0.29) is 29.5 Å². The summed E-state index contributed by atoms with van der Waals surface area (Å²) in [5.74, 6) is 0.0404. The summed E-state index contributed by atoms with van der Waals surface area (Å²) in [6.07, 6.45) is 4.27. The molecule has 22 heavy (non-hydrogen) atoms. The van der Waals surface area contributed by atoms with E-state index in [0.29, 0.717) is 32.4 Å². The van der Waals surface area contributed by atoms with Crippen LogP contribution >= 0.6 is 0 Å². The smallest absolute Gasteiger partial charge is 0.251 e. The number of carbonyl (C=O) groups is 2. The monoisotopic (exact) mass is 301 g/mol. The van der Waals surface area contributed by atoms with Gasteiger partial charge in [-0.3, -0.25) is 9.59 Å². The second-order valence-electron chi connectivity index (χ2n) is 5.29. The summed E-state index contributed by atoms with van der Waals surface area (Å²) in [6, 6.07) is 1.51. The molecule has 1 aromatic heterocycles. The van der Waals surface area contributed by atoms with E-state index in [1.165, 1.54) is 12.4 Å². The largest absolute Gasteiger partial charge is 0.470 e. The van der Waals surface area contributed by atoms with Crippen LogP contribution in [0.5, 0.6) is 5.88 Å². The van der Waals surface area contributed by atoms with Crippen LogP contribution in [0.3, 0.4) is 0 Å². The van der Waals surface area contributed by atoms with Crippen LogP contribution in [0, 0.1) is 11.3 Å². The Morgan fingerprint density at radius 2 is 2.23 bits per heavy atom. The number of carbonyl (C=O) groups excluding carboxylic acids is 2. The maximum atomic E-state index is 12.3. The minimum absolute atomic E-state index is 0.0726. The first-order chi connectivity index (χ1) is 10.7. The highest BCUT2D eigenvalue weighted by molar-refractivity contribution is 5.90.